The smallest absolute Gasteiger partial charge is 0.230 e. The van der Waals surface area contributed by atoms with Crippen molar-refractivity contribution in [3.05, 3.63) is 41.0 Å². The van der Waals surface area contributed by atoms with Gasteiger partial charge in [0.05, 0.1) is 10.6 Å². The van der Waals surface area contributed by atoms with Gasteiger partial charge >= 0.3 is 0 Å². The quantitative estimate of drug-likeness (QED) is 0.680. The van der Waals surface area contributed by atoms with Gasteiger partial charge in [0.25, 0.3) is 0 Å². The van der Waals surface area contributed by atoms with Crippen LogP contribution in [-0.2, 0) is 0 Å². The molecule has 0 aliphatic heterocycles. The number of hydrogen-bond acceptors (Lipinski definition) is 4. The average Bonchev–Trinajstić information content (AvgIpc) is 2.71. The highest BCUT2D eigenvalue weighted by Crippen LogP contribution is 2.30. The fourth-order valence-electron chi connectivity index (χ4n) is 1.73. The molecule has 0 saturated heterocycles. The second-order valence-electron chi connectivity index (χ2n) is 4.03. The monoisotopic (exact) mass is 259 g/mol. The molecule has 0 amide bonds. The second kappa shape index (κ2) is 3.99. The van der Waals surface area contributed by atoms with Gasteiger partial charge in [-0.25, -0.2) is 4.98 Å². The van der Waals surface area contributed by atoms with Gasteiger partial charge in [0.15, 0.2) is 11.2 Å². The van der Waals surface area contributed by atoms with E-state index in [0.29, 0.717) is 33.4 Å². The highest BCUT2D eigenvalue weighted by molar-refractivity contribution is 6.33. The molecule has 0 fully saturated rings. The molecule has 0 saturated carbocycles. The van der Waals surface area contributed by atoms with Crippen molar-refractivity contribution in [3.63, 3.8) is 0 Å². The number of rotatable bonds is 1. The maximum atomic E-state index is 6.12. The predicted octanol–water partition coefficient (Wildman–Crippen LogP) is 3.43. The highest BCUT2D eigenvalue weighted by Gasteiger charge is 2.12. The number of aryl methyl sites for hydroxylation is 1. The van der Waals surface area contributed by atoms with E-state index in [9.17, 15) is 0 Å². The first-order chi connectivity index (χ1) is 8.63. The lowest BCUT2D eigenvalue weighted by Crippen LogP contribution is -1.86. The van der Waals surface area contributed by atoms with E-state index in [4.69, 9.17) is 21.8 Å². The Labute approximate surface area is 108 Å². The Bertz CT molecular complexity index is 736. The van der Waals surface area contributed by atoms with Crippen molar-refractivity contribution >= 4 is 28.5 Å². The third-order valence-electron chi connectivity index (χ3n) is 2.62. The van der Waals surface area contributed by atoms with Gasteiger partial charge in [0.2, 0.25) is 5.89 Å². The maximum Gasteiger partial charge on any atom is 0.230 e. The van der Waals surface area contributed by atoms with Crippen LogP contribution in [0.5, 0.6) is 0 Å². The van der Waals surface area contributed by atoms with Crippen molar-refractivity contribution in [3.8, 4) is 11.5 Å². The normalized spacial score (nSPS) is 11.0. The van der Waals surface area contributed by atoms with Gasteiger partial charge in [0.1, 0.15) is 0 Å². The zero-order valence-corrected chi connectivity index (χ0v) is 10.4. The van der Waals surface area contributed by atoms with Crippen molar-refractivity contribution in [2.45, 2.75) is 6.92 Å². The molecule has 0 bridgehead atoms. The number of aromatic nitrogens is 2. The molecule has 18 heavy (non-hydrogen) atoms. The molecule has 0 radical (unpaired) electrons. The van der Waals surface area contributed by atoms with E-state index in [1.807, 2.05) is 19.1 Å². The van der Waals surface area contributed by atoms with Crippen LogP contribution in [0.25, 0.3) is 22.7 Å². The third kappa shape index (κ3) is 1.80. The van der Waals surface area contributed by atoms with Crippen LogP contribution in [0.4, 0.5) is 5.69 Å². The van der Waals surface area contributed by atoms with Crippen LogP contribution in [0.15, 0.2) is 34.7 Å². The lowest BCUT2D eigenvalue weighted by atomic mass is 10.2. The van der Waals surface area contributed by atoms with Crippen molar-refractivity contribution in [2.75, 3.05) is 5.73 Å². The summed E-state index contributed by atoms with van der Waals surface area (Å²) in [5, 5.41) is 0.512. The molecule has 5 heteroatoms. The number of pyridine rings is 1. The first-order valence-electron chi connectivity index (χ1n) is 5.43. The standard InChI is InChI=1S/C13H10ClN3O/c1-7-2-5-11-12(16-7)17-13(18-11)9-4-3-8(15)6-10(9)14/h2-6H,15H2,1H3. The Morgan fingerprint density at radius 2 is 2.00 bits per heavy atom. The first kappa shape index (κ1) is 11.0. The lowest BCUT2D eigenvalue weighted by Gasteiger charge is -1.99. The number of benzene rings is 1. The molecule has 0 spiro atoms. The fraction of sp³-hybridized carbons (Fsp3) is 0.0769. The molecule has 2 aromatic heterocycles. The Kier molecular flexibility index (Phi) is 2.45. The average molecular weight is 260 g/mol. The molecule has 0 aliphatic rings. The second-order valence-corrected chi connectivity index (χ2v) is 4.44. The molecule has 0 atom stereocenters. The van der Waals surface area contributed by atoms with E-state index in [0.717, 1.165) is 5.69 Å². The summed E-state index contributed by atoms with van der Waals surface area (Å²) in [6.45, 7) is 1.91. The lowest BCUT2D eigenvalue weighted by molar-refractivity contribution is 0.619. The van der Waals surface area contributed by atoms with Gasteiger partial charge in [-0.05, 0) is 37.3 Å². The molecular weight excluding hydrogens is 250 g/mol. The summed E-state index contributed by atoms with van der Waals surface area (Å²) in [5.74, 6) is 0.452. The zero-order chi connectivity index (χ0) is 12.7. The first-order valence-corrected chi connectivity index (χ1v) is 5.81. The van der Waals surface area contributed by atoms with E-state index in [-0.39, 0.29) is 0 Å². The summed E-state index contributed by atoms with van der Waals surface area (Å²) in [5.41, 5.74) is 9.09. The number of anilines is 1. The molecular formula is C13H10ClN3O. The molecule has 2 heterocycles. The maximum absolute atomic E-state index is 6.12. The number of nitrogens with two attached hydrogens (primary N) is 1. The molecule has 0 aliphatic carbocycles. The third-order valence-corrected chi connectivity index (χ3v) is 2.93. The van der Waals surface area contributed by atoms with Gasteiger partial charge in [0, 0.05) is 11.4 Å². The molecule has 90 valence electrons. The number of nitrogen functional groups attached to an aromatic ring is 1. The van der Waals surface area contributed by atoms with Crippen molar-refractivity contribution in [1.82, 2.24) is 9.97 Å². The van der Waals surface area contributed by atoms with E-state index >= 15 is 0 Å². The Balaban J connectivity index is 2.19. The Morgan fingerprint density at radius 1 is 1.17 bits per heavy atom. The minimum atomic E-state index is 0.452. The van der Waals surface area contributed by atoms with Gasteiger partial charge in [-0.15, -0.1) is 0 Å². The van der Waals surface area contributed by atoms with E-state index in [2.05, 4.69) is 9.97 Å². The number of nitrogens with zero attached hydrogens (tertiary/aromatic N) is 2. The topological polar surface area (TPSA) is 64.9 Å². The fourth-order valence-corrected chi connectivity index (χ4v) is 2.00. The molecule has 3 aromatic rings. The molecule has 2 N–H and O–H groups in total. The molecule has 3 rings (SSSR count). The van der Waals surface area contributed by atoms with Crippen molar-refractivity contribution in [2.24, 2.45) is 0 Å². The van der Waals surface area contributed by atoms with E-state index in [1.54, 1.807) is 18.2 Å². The Hall–Kier alpha value is -2.07. The van der Waals surface area contributed by atoms with Gasteiger partial charge < -0.3 is 10.2 Å². The summed E-state index contributed by atoms with van der Waals surface area (Å²) in [6.07, 6.45) is 0. The number of fused-ring (bicyclic) bond motifs is 1. The van der Waals surface area contributed by atoms with E-state index < -0.39 is 0 Å². The SMILES string of the molecule is Cc1ccc2oc(-c3ccc(N)cc3Cl)nc2n1. The minimum Gasteiger partial charge on any atom is -0.434 e. The van der Waals surface area contributed by atoms with E-state index in [1.165, 1.54) is 0 Å². The van der Waals surface area contributed by atoms with Crippen molar-refractivity contribution in [1.29, 1.82) is 0 Å². The minimum absolute atomic E-state index is 0.452. The summed E-state index contributed by atoms with van der Waals surface area (Å²) < 4.78 is 5.63. The van der Waals surface area contributed by atoms with Crippen LogP contribution in [0.3, 0.4) is 0 Å². The zero-order valence-electron chi connectivity index (χ0n) is 9.64. The predicted molar refractivity (Wildman–Crippen MR) is 71.4 cm³/mol. The molecule has 4 nitrogen and oxygen atoms in total. The van der Waals surface area contributed by atoms with Crippen molar-refractivity contribution < 1.29 is 4.42 Å². The number of hydrogen-bond donors (Lipinski definition) is 1. The van der Waals surface area contributed by atoms with Gasteiger partial charge in [-0.2, -0.15) is 4.98 Å². The van der Waals surface area contributed by atoms with Crippen LogP contribution in [0, 0.1) is 6.92 Å². The van der Waals surface area contributed by atoms with Crippen LogP contribution in [0.2, 0.25) is 5.02 Å². The van der Waals surface area contributed by atoms with Crippen LogP contribution < -0.4 is 5.73 Å². The van der Waals surface area contributed by atoms with Crippen LogP contribution >= 0.6 is 11.6 Å². The summed E-state index contributed by atoms with van der Waals surface area (Å²) in [4.78, 5) is 8.63. The summed E-state index contributed by atoms with van der Waals surface area (Å²) >= 11 is 6.12. The number of halogens is 1. The Morgan fingerprint density at radius 3 is 2.78 bits per heavy atom. The van der Waals surface area contributed by atoms with Crippen LogP contribution in [0.1, 0.15) is 5.69 Å². The van der Waals surface area contributed by atoms with Gasteiger partial charge in [-0.1, -0.05) is 11.6 Å². The molecule has 0 unspecified atom stereocenters. The largest absolute Gasteiger partial charge is 0.434 e. The summed E-state index contributed by atoms with van der Waals surface area (Å²) in [7, 11) is 0. The highest BCUT2D eigenvalue weighted by atomic mass is 35.5. The summed E-state index contributed by atoms with van der Waals surface area (Å²) in [6, 6.07) is 8.94. The number of oxazole rings is 1. The molecule has 1 aromatic carbocycles. The van der Waals surface area contributed by atoms with Crippen LogP contribution in [-0.4, -0.2) is 9.97 Å². The van der Waals surface area contributed by atoms with Gasteiger partial charge in [-0.3, -0.25) is 0 Å².